The first-order valence-corrected chi connectivity index (χ1v) is 37.9. The molecule has 0 aliphatic heterocycles. The van der Waals surface area contributed by atoms with Crippen LogP contribution in [0, 0.1) is 21.7 Å². The van der Waals surface area contributed by atoms with Crippen molar-refractivity contribution >= 4 is 72.1 Å². The molecule has 0 saturated carbocycles. The number of carbonyl (C=O) groups excluding carboxylic acids is 8. The van der Waals surface area contributed by atoms with Gasteiger partial charge in [-0.2, -0.15) is 0 Å². The second kappa shape index (κ2) is 49.6. The molecule has 0 aromatic heterocycles. The van der Waals surface area contributed by atoms with E-state index in [0.717, 1.165) is 56.0 Å². The smallest absolute Gasteiger partial charge is 0.336 e. The van der Waals surface area contributed by atoms with E-state index in [0.29, 0.717) is 71.7 Å². The number of ether oxygens (including phenoxy) is 10. The molecule has 0 radical (unpaired) electrons. The minimum Gasteiger partial charge on any atom is -0.497 e. The Balaban J connectivity index is 0.000000411. The zero-order valence-electron chi connectivity index (χ0n) is 68.0. The fourth-order valence-electron chi connectivity index (χ4n) is 9.39. The van der Waals surface area contributed by atoms with Crippen LogP contribution in [-0.2, 0) is 38.4 Å². The maximum Gasteiger partial charge on any atom is 0.336 e. The fourth-order valence-corrected chi connectivity index (χ4v) is 9.39. The first kappa shape index (κ1) is 101. The van der Waals surface area contributed by atoms with Gasteiger partial charge in [0.25, 0.3) is 0 Å². The van der Waals surface area contributed by atoms with E-state index in [4.69, 9.17) is 47.4 Å². The quantitative estimate of drug-likeness (QED) is 0.0252. The van der Waals surface area contributed by atoms with Crippen LogP contribution in [-0.4, -0.2) is 62.0 Å². The summed E-state index contributed by atoms with van der Waals surface area (Å²) in [6, 6.07) is 76.1. The van der Waals surface area contributed by atoms with Gasteiger partial charge in [0.2, 0.25) is 0 Å². The zero-order chi connectivity index (χ0) is 84.3. The highest BCUT2D eigenvalue weighted by atomic mass is 16.6. The average molecular weight is 1630 g/mol. The fraction of sp³-hybridized carbons (Fsp3) is 0.255. The van der Waals surface area contributed by atoms with Crippen LogP contribution in [0.15, 0.2) is 279 Å². The summed E-state index contributed by atoms with van der Waals surface area (Å²) in [4.78, 5) is 96.4. The topological polar surface area (TPSA) is 229 Å². The molecule has 0 aliphatic rings. The number of hydrogen-bond donors (Lipinski definition) is 0. The second-order valence-electron chi connectivity index (χ2n) is 28.9. The van der Waals surface area contributed by atoms with Gasteiger partial charge in [-0.3, -0.25) is 19.2 Å². The van der Waals surface area contributed by atoms with Crippen LogP contribution in [0.1, 0.15) is 161 Å². The van der Waals surface area contributed by atoms with Crippen molar-refractivity contribution in [1.82, 2.24) is 0 Å². The minimum absolute atomic E-state index is 0. The third kappa shape index (κ3) is 33.6. The Hall–Kier alpha value is -13.5. The second-order valence-corrected chi connectivity index (χ2v) is 28.9. The van der Waals surface area contributed by atoms with E-state index >= 15 is 0 Å². The Morgan fingerprint density at radius 3 is 0.608 bits per heavy atom. The van der Waals surface area contributed by atoms with Crippen LogP contribution in [0.2, 0.25) is 0 Å². The van der Waals surface area contributed by atoms with E-state index in [1.807, 2.05) is 229 Å². The van der Waals surface area contributed by atoms with Crippen molar-refractivity contribution in [2.45, 2.75) is 138 Å². The number of methoxy groups -OCH3 is 2. The Labute approximate surface area is 709 Å². The molecule has 0 N–H and O–H groups in total. The SMILES string of the molecule is C.C.C.C.CCC(C)(C)C(=O)Oc1ccc(OC(=O)/C=C/c2ccc(-c3ccc(OC)cc3)cc2)cc1.CCC(C)(C)C(=O)Oc1ccc(OC(=O)/C=C/c2ccc(-c3ccccc3)cc2)cc1.CCC(C)(C)C(=O)Oc1ccc(OC(=O)/C=C/c2ccc(OC)cc2)cc1.CCC(C)(C)C(=O)Oc1ccc(OC(=O)/C=C/c2ccccc2)cc1. The van der Waals surface area contributed by atoms with Crippen LogP contribution in [0.5, 0.6) is 57.5 Å². The number of hydrogen-bond acceptors (Lipinski definition) is 18. The minimum atomic E-state index is -0.553. The average Bonchev–Trinajstić information content (AvgIpc) is 0.847. The van der Waals surface area contributed by atoms with Gasteiger partial charge >= 0.3 is 47.8 Å². The molecule has 10 aromatic carbocycles. The van der Waals surface area contributed by atoms with Crippen LogP contribution < -0.4 is 47.4 Å². The number of benzene rings is 10. The predicted molar refractivity (Wildman–Crippen MR) is 480 cm³/mol. The monoisotopic (exact) mass is 1630 g/mol. The summed E-state index contributed by atoms with van der Waals surface area (Å²) in [5, 5.41) is 0. The van der Waals surface area contributed by atoms with Crippen molar-refractivity contribution in [2.75, 3.05) is 14.2 Å². The molecular formula is C102H116O18. The lowest BCUT2D eigenvalue weighted by Crippen LogP contribution is -2.28. The highest BCUT2D eigenvalue weighted by molar-refractivity contribution is 5.91. The Bertz CT molecular complexity index is 4960. The van der Waals surface area contributed by atoms with E-state index in [1.54, 1.807) is 136 Å². The normalized spacial score (nSPS) is 10.9. The van der Waals surface area contributed by atoms with Gasteiger partial charge in [0.15, 0.2) is 0 Å². The largest absolute Gasteiger partial charge is 0.497 e. The standard InChI is InChI=1S/C28H28O5.C27H26O4.C22H24O5.C21H22O4.4CH4/c1-5-28(2,3)27(30)33-25-17-15-24(16-18-25)32-26(29)19-8-20-6-9-21(10-7-20)22-11-13-23(31-4)14-12-22;1-4-27(2,3)26(29)31-24-17-15-23(16-18-24)30-25(28)19-12-20-10-13-22(14-11-20)21-8-6-5-7-9-21;1-5-22(2,3)21(24)27-19-13-11-18(12-14-19)26-20(23)15-8-16-6-9-17(25-4)10-7-16;1-4-21(2,3)20(23)25-18-13-11-17(12-14-18)24-19(22)15-10-16-8-6-5-7-9-16;;;;/h6-19H,5H2,1-4H3;5-19H,4H2,1-3H3;6-15H,5H2,1-4H3;5-15H,4H2,1-3H3;4*1H4/b19-8+;19-12+;15-8+;15-10+;;;;. The van der Waals surface area contributed by atoms with Crippen molar-refractivity contribution in [1.29, 1.82) is 0 Å². The molecule has 0 atom stereocenters. The van der Waals surface area contributed by atoms with Crippen molar-refractivity contribution < 1.29 is 85.7 Å². The Kier molecular flexibility index (Phi) is 41.6. The highest BCUT2D eigenvalue weighted by Gasteiger charge is 2.31. The molecule has 0 aliphatic carbocycles. The van der Waals surface area contributed by atoms with E-state index < -0.39 is 45.5 Å². The Morgan fingerprint density at radius 1 is 0.225 bits per heavy atom. The lowest BCUT2D eigenvalue weighted by atomic mass is 9.91. The summed E-state index contributed by atoms with van der Waals surface area (Å²) in [5.41, 5.74) is 5.78. The van der Waals surface area contributed by atoms with Gasteiger partial charge < -0.3 is 47.4 Å². The van der Waals surface area contributed by atoms with Crippen LogP contribution in [0.3, 0.4) is 0 Å². The molecule has 18 heteroatoms. The van der Waals surface area contributed by atoms with Crippen molar-refractivity contribution in [2.24, 2.45) is 21.7 Å². The summed E-state index contributed by atoms with van der Waals surface area (Å²) in [7, 11) is 3.24. The molecule has 0 fully saturated rings. The summed E-state index contributed by atoms with van der Waals surface area (Å²) in [6.45, 7) is 22.4. The third-order valence-corrected chi connectivity index (χ3v) is 18.7. The lowest BCUT2D eigenvalue weighted by molar-refractivity contribution is -0.144. The van der Waals surface area contributed by atoms with Gasteiger partial charge in [0.1, 0.15) is 57.5 Å². The van der Waals surface area contributed by atoms with E-state index in [9.17, 15) is 38.4 Å². The molecule has 10 aromatic rings. The molecule has 0 unspecified atom stereocenters. The van der Waals surface area contributed by atoms with Gasteiger partial charge in [0.05, 0.1) is 35.9 Å². The third-order valence-electron chi connectivity index (χ3n) is 18.7. The molecule has 0 spiro atoms. The van der Waals surface area contributed by atoms with Gasteiger partial charge in [-0.25, -0.2) is 19.2 Å². The molecule has 632 valence electrons. The van der Waals surface area contributed by atoms with Crippen molar-refractivity contribution in [3.05, 3.63) is 301 Å². The van der Waals surface area contributed by atoms with E-state index in [1.165, 1.54) is 24.3 Å². The van der Waals surface area contributed by atoms with E-state index in [-0.39, 0.29) is 53.6 Å². The molecule has 120 heavy (non-hydrogen) atoms. The van der Waals surface area contributed by atoms with Crippen molar-refractivity contribution in [3.63, 3.8) is 0 Å². The van der Waals surface area contributed by atoms with Gasteiger partial charge in [-0.05, 0) is 271 Å². The first-order chi connectivity index (χ1) is 55.4. The van der Waals surface area contributed by atoms with Crippen LogP contribution in [0.25, 0.3) is 46.6 Å². The van der Waals surface area contributed by atoms with Gasteiger partial charge in [0, 0.05) is 24.3 Å². The molecule has 0 amide bonds. The maximum absolute atomic E-state index is 12.2. The van der Waals surface area contributed by atoms with Crippen molar-refractivity contribution in [3.8, 4) is 79.7 Å². The number of rotatable bonds is 28. The van der Waals surface area contributed by atoms with Crippen LogP contribution >= 0.6 is 0 Å². The van der Waals surface area contributed by atoms with Gasteiger partial charge in [-0.1, -0.05) is 191 Å². The summed E-state index contributed by atoms with van der Waals surface area (Å²) in [5.74, 6) is 1.61. The highest BCUT2D eigenvalue weighted by Crippen LogP contribution is 2.31. The first-order valence-electron chi connectivity index (χ1n) is 37.9. The van der Waals surface area contributed by atoms with Gasteiger partial charge in [-0.15, -0.1) is 0 Å². The molecule has 0 saturated heterocycles. The summed E-state index contributed by atoms with van der Waals surface area (Å²) in [6.07, 6.45) is 15.0. The maximum atomic E-state index is 12.2. The molecule has 18 nitrogen and oxygen atoms in total. The molecule has 0 heterocycles. The van der Waals surface area contributed by atoms with E-state index in [2.05, 4.69) is 12.1 Å². The number of carbonyl (C=O) groups is 8. The zero-order valence-corrected chi connectivity index (χ0v) is 68.0. The molecule has 0 bridgehead atoms. The predicted octanol–water partition coefficient (Wildman–Crippen LogP) is 24.5. The summed E-state index contributed by atoms with van der Waals surface area (Å²) < 4.78 is 52.8. The lowest BCUT2D eigenvalue weighted by Gasteiger charge is -2.20. The summed E-state index contributed by atoms with van der Waals surface area (Å²) >= 11 is 0. The molecule has 10 rings (SSSR count). The number of esters is 8. The Morgan fingerprint density at radius 2 is 0.392 bits per heavy atom. The molecular weight excluding hydrogens is 1510 g/mol. The van der Waals surface area contributed by atoms with Crippen LogP contribution in [0.4, 0.5) is 0 Å².